The van der Waals surface area contributed by atoms with Gasteiger partial charge in [-0.1, -0.05) is 18.6 Å². The summed E-state index contributed by atoms with van der Waals surface area (Å²) in [6, 6.07) is 5.43. The van der Waals surface area contributed by atoms with Gasteiger partial charge >= 0.3 is 0 Å². The SMILES string of the molecule is CCCOc1ccc(C)cc1C(N)=O. The smallest absolute Gasteiger partial charge is 0.252 e. The van der Waals surface area contributed by atoms with Gasteiger partial charge in [-0.05, 0) is 25.5 Å². The fourth-order valence-corrected chi connectivity index (χ4v) is 1.17. The van der Waals surface area contributed by atoms with E-state index in [0.717, 1.165) is 12.0 Å². The molecule has 1 amide bonds. The Bertz CT molecular complexity index is 334. The van der Waals surface area contributed by atoms with Crippen LogP contribution in [0.3, 0.4) is 0 Å². The van der Waals surface area contributed by atoms with Crippen molar-refractivity contribution in [2.24, 2.45) is 5.73 Å². The van der Waals surface area contributed by atoms with Gasteiger partial charge in [0.25, 0.3) is 5.91 Å². The number of hydrogen-bond donors (Lipinski definition) is 1. The molecular weight excluding hydrogens is 178 g/mol. The summed E-state index contributed by atoms with van der Waals surface area (Å²) in [4.78, 5) is 11.1. The van der Waals surface area contributed by atoms with Crippen LogP contribution in [0.4, 0.5) is 0 Å². The fourth-order valence-electron chi connectivity index (χ4n) is 1.17. The van der Waals surface area contributed by atoms with Gasteiger partial charge in [-0.3, -0.25) is 4.79 Å². The van der Waals surface area contributed by atoms with E-state index in [9.17, 15) is 4.79 Å². The molecule has 0 saturated carbocycles. The number of hydrogen-bond acceptors (Lipinski definition) is 2. The molecule has 0 aliphatic carbocycles. The number of carbonyl (C=O) groups excluding carboxylic acids is 1. The summed E-state index contributed by atoms with van der Waals surface area (Å²) < 4.78 is 5.40. The molecule has 0 aromatic heterocycles. The number of primary amides is 1. The molecular formula is C11H15NO2. The van der Waals surface area contributed by atoms with Crippen molar-refractivity contribution >= 4 is 5.91 Å². The number of benzene rings is 1. The van der Waals surface area contributed by atoms with E-state index in [1.807, 2.05) is 19.9 Å². The average Bonchev–Trinajstić information content (AvgIpc) is 2.15. The molecule has 0 heterocycles. The number of ether oxygens (including phenoxy) is 1. The Balaban J connectivity index is 2.96. The van der Waals surface area contributed by atoms with Crippen LogP contribution in [0.1, 0.15) is 29.3 Å². The van der Waals surface area contributed by atoms with Crippen molar-refractivity contribution in [1.29, 1.82) is 0 Å². The van der Waals surface area contributed by atoms with Crippen LogP contribution in [0.25, 0.3) is 0 Å². The van der Waals surface area contributed by atoms with Gasteiger partial charge in [-0.15, -0.1) is 0 Å². The van der Waals surface area contributed by atoms with Crippen molar-refractivity contribution in [3.05, 3.63) is 29.3 Å². The number of aryl methyl sites for hydroxylation is 1. The quantitative estimate of drug-likeness (QED) is 0.793. The minimum absolute atomic E-state index is 0.445. The van der Waals surface area contributed by atoms with Crippen LogP contribution in [0, 0.1) is 6.92 Å². The van der Waals surface area contributed by atoms with Crippen molar-refractivity contribution in [3.63, 3.8) is 0 Å². The van der Waals surface area contributed by atoms with Gasteiger partial charge < -0.3 is 10.5 Å². The molecule has 0 aliphatic rings. The molecule has 0 radical (unpaired) electrons. The summed E-state index contributed by atoms with van der Waals surface area (Å²) in [7, 11) is 0. The monoisotopic (exact) mass is 193 g/mol. The van der Waals surface area contributed by atoms with E-state index < -0.39 is 5.91 Å². The first kappa shape index (κ1) is 10.6. The Morgan fingerprint density at radius 2 is 2.21 bits per heavy atom. The van der Waals surface area contributed by atoms with Crippen LogP contribution < -0.4 is 10.5 Å². The second kappa shape index (κ2) is 4.65. The zero-order chi connectivity index (χ0) is 10.6. The number of amides is 1. The predicted molar refractivity (Wildman–Crippen MR) is 55.5 cm³/mol. The molecule has 76 valence electrons. The lowest BCUT2D eigenvalue weighted by Gasteiger charge is -2.08. The molecule has 14 heavy (non-hydrogen) atoms. The summed E-state index contributed by atoms with van der Waals surface area (Å²) in [6.07, 6.45) is 0.909. The number of rotatable bonds is 4. The van der Waals surface area contributed by atoms with Gasteiger partial charge in [-0.25, -0.2) is 0 Å². The van der Waals surface area contributed by atoms with Gasteiger partial charge in [0.05, 0.1) is 12.2 Å². The van der Waals surface area contributed by atoms with Crippen molar-refractivity contribution in [2.75, 3.05) is 6.61 Å². The minimum atomic E-state index is -0.445. The maximum atomic E-state index is 11.1. The third kappa shape index (κ3) is 2.49. The average molecular weight is 193 g/mol. The standard InChI is InChI=1S/C11H15NO2/c1-3-6-14-10-5-4-8(2)7-9(10)11(12)13/h4-5,7H,3,6H2,1-2H3,(H2,12,13). The van der Waals surface area contributed by atoms with Crippen molar-refractivity contribution in [2.45, 2.75) is 20.3 Å². The molecule has 0 fully saturated rings. The van der Waals surface area contributed by atoms with E-state index in [4.69, 9.17) is 10.5 Å². The van der Waals surface area contributed by atoms with Crippen LogP contribution in [0.15, 0.2) is 18.2 Å². The van der Waals surface area contributed by atoms with Gasteiger partial charge in [-0.2, -0.15) is 0 Å². The minimum Gasteiger partial charge on any atom is -0.493 e. The lowest BCUT2D eigenvalue weighted by Crippen LogP contribution is -2.13. The van der Waals surface area contributed by atoms with Crippen LogP contribution in [0.5, 0.6) is 5.75 Å². The molecule has 1 rings (SSSR count). The molecule has 2 N–H and O–H groups in total. The summed E-state index contributed by atoms with van der Waals surface area (Å²) in [6.45, 7) is 4.53. The Kier molecular flexibility index (Phi) is 3.51. The molecule has 0 atom stereocenters. The van der Waals surface area contributed by atoms with Gasteiger partial charge in [0.2, 0.25) is 0 Å². The molecule has 0 bridgehead atoms. The van der Waals surface area contributed by atoms with E-state index in [2.05, 4.69) is 0 Å². The molecule has 0 aliphatic heterocycles. The fraction of sp³-hybridized carbons (Fsp3) is 0.364. The van der Waals surface area contributed by atoms with Crippen LogP contribution in [-0.2, 0) is 0 Å². The predicted octanol–water partition coefficient (Wildman–Crippen LogP) is 1.88. The Labute approximate surface area is 83.9 Å². The summed E-state index contributed by atoms with van der Waals surface area (Å²) in [5.41, 5.74) is 6.70. The highest BCUT2D eigenvalue weighted by atomic mass is 16.5. The van der Waals surface area contributed by atoms with E-state index in [1.165, 1.54) is 0 Å². The zero-order valence-electron chi connectivity index (χ0n) is 8.54. The third-order valence-corrected chi connectivity index (χ3v) is 1.86. The second-order valence-corrected chi connectivity index (χ2v) is 3.21. The van der Waals surface area contributed by atoms with Crippen LogP contribution in [-0.4, -0.2) is 12.5 Å². The van der Waals surface area contributed by atoms with E-state index in [0.29, 0.717) is 17.9 Å². The topological polar surface area (TPSA) is 52.3 Å². The lowest BCUT2D eigenvalue weighted by atomic mass is 10.1. The van der Waals surface area contributed by atoms with Gasteiger partial charge in [0.15, 0.2) is 0 Å². The van der Waals surface area contributed by atoms with Crippen LogP contribution in [0.2, 0.25) is 0 Å². The van der Waals surface area contributed by atoms with E-state index in [-0.39, 0.29) is 0 Å². The number of nitrogens with two attached hydrogens (primary N) is 1. The zero-order valence-corrected chi connectivity index (χ0v) is 8.54. The molecule has 0 spiro atoms. The Morgan fingerprint density at radius 1 is 1.50 bits per heavy atom. The first-order valence-corrected chi connectivity index (χ1v) is 4.68. The molecule has 3 heteroatoms. The van der Waals surface area contributed by atoms with Gasteiger partial charge in [0.1, 0.15) is 5.75 Å². The maximum Gasteiger partial charge on any atom is 0.252 e. The summed E-state index contributed by atoms with van der Waals surface area (Å²) in [5.74, 6) is 0.129. The molecule has 1 aromatic rings. The van der Waals surface area contributed by atoms with Crippen molar-refractivity contribution in [3.8, 4) is 5.75 Å². The molecule has 0 unspecified atom stereocenters. The third-order valence-electron chi connectivity index (χ3n) is 1.86. The summed E-state index contributed by atoms with van der Waals surface area (Å²) in [5, 5.41) is 0. The largest absolute Gasteiger partial charge is 0.493 e. The maximum absolute atomic E-state index is 11.1. The van der Waals surface area contributed by atoms with Gasteiger partial charge in [0, 0.05) is 0 Å². The highest BCUT2D eigenvalue weighted by molar-refractivity contribution is 5.95. The molecule has 1 aromatic carbocycles. The Hall–Kier alpha value is -1.51. The van der Waals surface area contributed by atoms with Crippen LogP contribution >= 0.6 is 0 Å². The van der Waals surface area contributed by atoms with E-state index in [1.54, 1.807) is 12.1 Å². The Morgan fingerprint density at radius 3 is 2.79 bits per heavy atom. The molecule has 3 nitrogen and oxygen atoms in total. The lowest BCUT2D eigenvalue weighted by molar-refractivity contribution is 0.0996. The number of carbonyl (C=O) groups is 1. The van der Waals surface area contributed by atoms with E-state index >= 15 is 0 Å². The first-order chi connectivity index (χ1) is 6.65. The highest BCUT2D eigenvalue weighted by Gasteiger charge is 2.08. The highest BCUT2D eigenvalue weighted by Crippen LogP contribution is 2.19. The molecule has 0 saturated heterocycles. The summed E-state index contributed by atoms with van der Waals surface area (Å²) >= 11 is 0. The van der Waals surface area contributed by atoms with Crippen molar-refractivity contribution in [1.82, 2.24) is 0 Å². The first-order valence-electron chi connectivity index (χ1n) is 4.68. The normalized spacial score (nSPS) is 9.86. The second-order valence-electron chi connectivity index (χ2n) is 3.21. The van der Waals surface area contributed by atoms with Crippen molar-refractivity contribution < 1.29 is 9.53 Å².